The van der Waals surface area contributed by atoms with Gasteiger partial charge in [-0.25, -0.2) is 0 Å². The Labute approximate surface area is 114 Å². The third-order valence-electron chi connectivity index (χ3n) is 4.03. The average molecular weight is 252 g/mol. The summed E-state index contributed by atoms with van der Waals surface area (Å²) in [5.41, 5.74) is 13.8. The molecule has 0 heterocycles. The summed E-state index contributed by atoms with van der Waals surface area (Å²) in [6.07, 6.45) is 5.92. The van der Waals surface area contributed by atoms with Crippen LogP contribution in [0.4, 0.5) is 0 Å². The second kappa shape index (κ2) is 4.69. The van der Waals surface area contributed by atoms with E-state index in [4.69, 9.17) is 5.73 Å². The predicted octanol–water partition coefficient (Wildman–Crippen LogP) is 3.63. The van der Waals surface area contributed by atoms with Gasteiger partial charge >= 0.3 is 0 Å². The third-order valence-corrected chi connectivity index (χ3v) is 4.03. The maximum absolute atomic E-state index is 5.52. The van der Waals surface area contributed by atoms with Gasteiger partial charge in [0, 0.05) is 12.1 Å². The van der Waals surface area contributed by atoms with Gasteiger partial charge in [0.1, 0.15) is 0 Å². The SMILES string of the molecule is CCN=C(/C=C\N)c1ccc2c(c1)C1=C(C1)CC2C. The van der Waals surface area contributed by atoms with Crippen molar-refractivity contribution in [2.24, 2.45) is 10.7 Å². The van der Waals surface area contributed by atoms with E-state index in [1.165, 1.54) is 29.5 Å². The molecule has 1 aromatic rings. The molecule has 2 nitrogen and oxygen atoms in total. The molecule has 0 spiro atoms. The van der Waals surface area contributed by atoms with Crippen LogP contribution in [-0.2, 0) is 0 Å². The van der Waals surface area contributed by atoms with E-state index in [1.807, 2.05) is 13.0 Å². The molecule has 0 aliphatic heterocycles. The normalized spacial score (nSPS) is 21.6. The van der Waals surface area contributed by atoms with Crippen LogP contribution >= 0.6 is 0 Å². The van der Waals surface area contributed by atoms with Crippen LogP contribution < -0.4 is 5.73 Å². The molecule has 1 unspecified atom stereocenters. The minimum absolute atomic E-state index is 0.655. The van der Waals surface area contributed by atoms with E-state index in [0.29, 0.717) is 5.92 Å². The highest BCUT2D eigenvalue weighted by molar-refractivity contribution is 6.09. The van der Waals surface area contributed by atoms with Crippen molar-refractivity contribution in [2.75, 3.05) is 6.54 Å². The van der Waals surface area contributed by atoms with Crippen molar-refractivity contribution in [3.05, 3.63) is 52.7 Å². The summed E-state index contributed by atoms with van der Waals surface area (Å²) in [5, 5.41) is 0. The zero-order valence-corrected chi connectivity index (χ0v) is 11.6. The Morgan fingerprint density at radius 3 is 3.05 bits per heavy atom. The molecule has 2 heteroatoms. The number of rotatable bonds is 3. The molecule has 0 bridgehead atoms. The number of nitrogens with zero attached hydrogens (tertiary/aromatic N) is 1. The molecule has 0 saturated heterocycles. The predicted molar refractivity (Wildman–Crippen MR) is 81.4 cm³/mol. The quantitative estimate of drug-likeness (QED) is 0.820. The average Bonchev–Trinajstić information content (AvgIpc) is 3.17. The van der Waals surface area contributed by atoms with Crippen LogP contribution in [0.1, 0.15) is 49.3 Å². The van der Waals surface area contributed by atoms with Gasteiger partial charge < -0.3 is 5.73 Å². The summed E-state index contributed by atoms with van der Waals surface area (Å²) in [5.74, 6) is 0.655. The summed E-state index contributed by atoms with van der Waals surface area (Å²) in [6, 6.07) is 6.74. The summed E-state index contributed by atoms with van der Waals surface area (Å²) in [7, 11) is 0. The zero-order chi connectivity index (χ0) is 13.4. The van der Waals surface area contributed by atoms with E-state index in [0.717, 1.165) is 12.3 Å². The van der Waals surface area contributed by atoms with Crippen molar-refractivity contribution in [1.82, 2.24) is 0 Å². The van der Waals surface area contributed by atoms with Crippen LogP contribution in [0.5, 0.6) is 0 Å². The zero-order valence-electron chi connectivity index (χ0n) is 11.6. The smallest absolute Gasteiger partial charge is 0.0660 e. The van der Waals surface area contributed by atoms with Crippen molar-refractivity contribution >= 4 is 11.3 Å². The van der Waals surface area contributed by atoms with Gasteiger partial charge in [-0.1, -0.05) is 24.6 Å². The van der Waals surface area contributed by atoms with Crippen LogP contribution in [0, 0.1) is 0 Å². The second-order valence-corrected chi connectivity index (χ2v) is 5.38. The molecule has 0 fully saturated rings. The van der Waals surface area contributed by atoms with Gasteiger partial charge in [0.05, 0.1) is 5.71 Å². The number of nitrogens with two attached hydrogens (primary N) is 1. The van der Waals surface area contributed by atoms with Gasteiger partial charge in [-0.2, -0.15) is 0 Å². The van der Waals surface area contributed by atoms with E-state index < -0.39 is 0 Å². The molecule has 1 aromatic carbocycles. The minimum Gasteiger partial charge on any atom is -0.405 e. The first-order valence-corrected chi connectivity index (χ1v) is 7.03. The lowest BCUT2D eigenvalue weighted by molar-refractivity contribution is 0.759. The lowest BCUT2D eigenvalue weighted by atomic mass is 9.87. The first-order valence-electron chi connectivity index (χ1n) is 7.03. The molecule has 0 aromatic heterocycles. The van der Waals surface area contributed by atoms with Crippen molar-refractivity contribution in [3.8, 4) is 0 Å². The molecule has 0 radical (unpaired) electrons. The van der Waals surface area contributed by atoms with Crippen molar-refractivity contribution < 1.29 is 0 Å². The molecule has 0 amide bonds. The number of hydrogen-bond donors (Lipinski definition) is 1. The maximum atomic E-state index is 5.52. The fraction of sp³-hybridized carbons (Fsp3) is 0.353. The maximum Gasteiger partial charge on any atom is 0.0660 e. The van der Waals surface area contributed by atoms with Crippen molar-refractivity contribution in [2.45, 2.75) is 32.6 Å². The van der Waals surface area contributed by atoms with Crippen LogP contribution in [0.3, 0.4) is 0 Å². The van der Waals surface area contributed by atoms with Crippen molar-refractivity contribution in [1.29, 1.82) is 0 Å². The van der Waals surface area contributed by atoms with Gasteiger partial charge in [-0.05, 0) is 60.7 Å². The standard InChI is InChI=1S/C17H20N2/c1-3-19-17(6-7-18)12-4-5-14-11(2)8-13-10-15(13)16(14)9-12/h4-7,9,11H,3,8,10,18H2,1-2H3/b7-6-,19-17?. The minimum atomic E-state index is 0.655. The number of allylic oxidation sites excluding steroid dienone is 3. The molecule has 2 aliphatic carbocycles. The number of benzene rings is 1. The van der Waals surface area contributed by atoms with Gasteiger partial charge in [0.15, 0.2) is 0 Å². The summed E-state index contributed by atoms with van der Waals surface area (Å²) < 4.78 is 0. The highest BCUT2D eigenvalue weighted by atomic mass is 14.7. The summed E-state index contributed by atoms with van der Waals surface area (Å²) in [6.45, 7) is 5.15. The molecule has 0 saturated carbocycles. The van der Waals surface area contributed by atoms with Crippen molar-refractivity contribution in [3.63, 3.8) is 0 Å². The molecule has 2 N–H and O–H groups in total. The van der Waals surface area contributed by atoms with Crippen LogP contribution in [0.25, 0.3) is 5.57 Å². The lowest BCUT2D eigenvalue weighted by Gasteiger charge is -2.18. The lowest BCUT2D eigenvalue weighted by Crippen LogP contribution is -2.04. The number of hydrogen-bond acceptors (Lipinski definition) is 2. The second-order valence-electron chi connectivity index (χ2n) is 5.38. The van der Waals surface area contributed by atoms with Crippen LogP contribution in [0.2, 0.25) is 0 Å². The Hall–Kier alpha value is -1.83. The van der Waals surface area contributed by atoms with Crippen LogP contribution in [-0.4, -0.2) is 12.3 Å². The number of aliphatic imine (C=N–C) groups is 1. The molecular formula is C17H20N2. The Kier molecular flexibility index (Phi) is 3.02. The van der Waals surface area contributed by atoms with Gasteiger partial charge in [0.25, 0.3) is 0 Å². The monoisotopic (exact) mass is 252 g/mol. The van der Waals surface area contributed by atoms with Crippen LogP contribution in [0.15, 0.2) is 41.0 Å². The summed E-state index contributed by atoms with van der Waals surface area (Å²) >= 11 is 0. The Balaban J connectivity index is 2.05. The highest BCUT2D eigenvalue weighted by Crippen LogP contribution is 2.52. The fourth-order valence-corrected chi connectivity index (χ4v) is 3.04. The highest BCUT2D eigenvalue weighted by Gasteiger charge is 2.32. The van der Waals surface area contributed by atoms with Gasteiger partial charge in [-0.15, -0.1) is 0 Å². The largest absolute Gasteiger partial charge is 0.405 e. The molecule has 2 aliphatic rings. The number of fused-ring (bicyclic) bond motifs is 2. The van der Waals surface area contributed by atoms with E-state index in [9.17, 15) is 0 Å². The fourth-order valence-electron chi connectivity index (χ4n) is 3.04. The van der Waals surface area contributed by atoms with Gasteiger partial charge in [-0.3, -0.25) is 4.99 Å². The first-order chi connectivity index (χ1) is 9.24. The Morgan fingerprint density at radius 1 is 1.47 bits per heavy atom. The third kappa shape index (κ3) is 2.12. The van der Waals surface area contributed by atoms with E-state index >= 15 is 0 Å². The first kappa shape index (κ1) is 12.2. The van der Waals surface area contributed by atoms with Gasteiger partial charge in [0.2, 0.25) is 0 Å². The Bertz CT molecular complexity index is 606. The summed E-state index contributed by atoms with van der Waals surface area (Å²) in [4.78, 5) is 4.52. The molecule has 1 atom stereocenters. The molecule has 3 rings (SSSR count). The topological polar surface area (TPSA) is 38.4 Å². The van der Waals surface area contributed by atoms with E-state index in [1.54, 1.807) is 17.3 Å². The van der Waals surface area contributed by atoms with E-state index in [-0.39, 0.29) is 0 Å². The molecule has 19 heavy (non-hydrogen) atoms. The molecule has 98 valence electrons. The van der Waals surface area contributed by atoms with E-state index in [2.05, 4.69) is 30.1 Å². The molecular weight excluding hydrogens is 232 g/mol. The Morgan fingerprint density at radius 2 is 2.32 bits per heavy atom.